The van der Waals surface area contributed by atoms with E-state index in [1.165, 1.54) is 32.2 Å². The number of hydrogen-bond acceptors (Lipinski definition) is 3. The van der Waals surface area contributed by atoms with Crippen molar-refractivity contribution in [1.29, 1.82) is 0 Å². The van der Waals surface area contributed by atoms with Gasteiger partial charge in [0.25, 0.3) is 0 Å². The lowest BCUT2D eigenvalue weighted by Crippen LogP contribution is -2.32. The zero-order chi connectivity index (χ0) is 13.6. The van der Waals surface area contributed by atoms with Crippen LogP contribution in [-0.2, 0) is 0 Å². The second-order valence-corrected chi connectivity index (χ2v) is 6.39. The highest BCUT2D eigenvalue weighted by Gasteiger charge is 2.23. The van der Waals surface area contributed by atoms with Gasteiger partial charge >= 0.3 is 0 Å². The van der Waals surface area contributed by atoms with Gasteiger partial charge in [0, 0.05) is 12.0 Å². The minimum atomic E-state index is -0.193. The van der Waals surface area contributed by atoms with E-state index in [4.69, 9.17) is 10.9 Å². The summed E-state index contributed by atoms with van der Waals surface area (Å²) in [5.41, 5.74) is 5.48. The molecule has 0 radical (unpaired) electrons. The van der Waals surface area contributed by atoms with Gasteiger partial charge in [0.15, 0.2) is 0 Å². The lowest BCUT2D eigenvalue weighted by molar-refractivity contribution is 0.201. The highest BCUT2D eigenvalue weighted by atomic mass is 16.4. The first kappa shape index (κ1) is 15.3. The van der Waals surface area contributed by atoms with Gasteiger partial charge in [-0.25, -0.2) is 0 Å². The van der Waals surface area contributed by atoms with Crippen molar-refractivity contribution in [2.45, 2.75) is 52.4 Å². The topological polar surface area (TPSA) is 61.8 Å². The van der Waals surface area contributed by atoms with Gasteiger partial charge < -0.3 is 15.8 Å². The second kappa shape index (κ2) is 6.98. The highest BCUT2D eigenvalue weighted by Crippen LogP contribution is 2.27. The molecule has 0 atom stereocenters. The van der Waals surface area contributed by atoms with Crippen molar-refractivity contribution in [3.63, 3.8) is 0 Å². The number of oxime groups is 1. The van der Waals surface area contributed by atoms with Crippen LogP contribution in [0.3, 0.4) is 0 Å². The molecule has 1 aliphatic carbocycles. The van der Waals surface area contributed by atoms with Gasteiger partial charge in [-0.1, -0.05) is 31.8 Å². The fraction of sp³-hybridized carbons (Fsp3) is 0.929. The molecule has 106 valence electrons. The van der Waals surface area contributed by atoms with Gasteiger partial charge in [0.05, 0.1) is 0 Å². The first-order valence-electron chi connectivity index (χ1n) is 7.12. The third-order valence-corrected chi connectivity index (χ3v) is 4.19. The highest BCUT2D eigenvalue weighted by molar-refractivity contribution is 5.85. The van der Waals surface area contributed by atoms with Crippen LogP contribution in [-0.4, -0.2) is 36.1 Å². The summed E-state index contributed by atoms with van der Waals surface area (Å²) in [5, 5.41) is 11.8. The number of amidine groups is 1. The number of rotatable bonds is 8. The maximum absolute atomic E-state index is 8.70. The average molecular weight is 255 g/mol. The molecule has 0 heterocycles. The minimum absolute atomic E-state index is 0.193. The zero-order valence-corrected chi connectivity index (χ0v) is 12.2. The molecule has 0 spiro atoms. The van der Waals surface area contributed by atoms with Crippen molar-refractivity contribution in [3.8, 4) is 0 Å². The first-order chi connectivity index (χ1) is 8.45. The van der Waals surface area contributed by atoms with Crippen LogP contribution >= 0.6 is 0 Å². The molecule has 1 aliphatic rings. The summed E-state index contributed by atoms with van der Waals surface area (Å²) in [6, 6.07) is 0. The molecule has 18 heavy (non-hydrogen) atoms. The van der Waals surface area contributed by atoms with Gasteiger partial charge in [-0.3, -0.25) is 0 Å². The summed E-state index contributed by atoms with van der Waals surface area (Å²) in [5.74, 6) is 1.29. The largest absolute Gasteiger partial charge is 0.409 e. The lowest BCUT2D eigenvalue weighted by Gasteiger charge is -2.30. The van der Waals surface area contributed by atoms with E-state index in [1.807, 2.05) is 13.8 Å². The Balaban J connectivity index is 2.10. The number of unbranched alkanes of at least 4 members (excludes halogenated alkanes) is 1. The molecule has 0 aromatic carbocycles. The molecule has 4 nitrogen and oxygen atoms in total. The summed E-state index contributed by atoms with van der Waals surface area (Å²) >= 11 is 0. The van der Waals surface area contributed by atoms with Crippen LogP contribution in [0.2, 0.25) is 0 Å². The Morgan fingerprint density at radius 3 is 2.56 bits per heavy atom. The lowest BCUT2D eigenvalue weighted by atomic mass is 9.85. The van der Waals surface area contributed by atoms with Gasteiger partial charge in [-0.2, -0.15) is 0 Å². The maximum atomic E-state index is 8.70. The van der Waals surface area contributed by atoms with E-state index in [1.54, 1.807) is 0 Å². The van der Waals surface area contributed by atoms with Gasteiger partial charge in [0.1, 0.15) is 5.84 Å². The maximum Gasteiger partial charge on any atom is 0.144 e. The van der Waals surface area contributed by atoms with Gasteiger partial charge in [0.2, 0.25) is 0 Å². The van der Waals surface area contributed by atoms with E-state index >= 15 is 0 Å². The van der Waals surface area contributed by atoms with Crippen molar-refractivity contribution < 1.29 is 5.21 Å². The Morgan fingerprint density at radius 2 is 2.06 bits per heavy atom. The summed E-state index contributed by atoms with van der Waals surface area (Å²) < 4.78 is 0. The summed E-state index contributed by atoms with van der Waals surface area (Å²) in [7, 11) is 2.22. The molecular weight excluding hydrogens is 226 g/mol. The van der Waals surface area contributed by atoms with E-state index in [0.717, 1.165) is 25.3 Å². The Kier molecular flexibility index (Phi) is 5.93. The van der Waals surface area contributed by atoms with Crippen molar-refractivity contribution in [3.05, 3.63) is 0 Å². The number of hydrogen-bond donors (Lipinski definition) is 2. The molecule has 1 rings (SSSR count). The SMILES string of the molecule is CN(CCCCC(C)(C)C(N)=NO)CC1CCC1. The Labute approximate surface area is 111 Å². The molecule has 0 aromatic rings. The molecule has 0 bridgehead atoms. The summed E-state index contributed by atoms with van der Waals surface area (Å²) in [6.45, 7) is 6.46. The fourth-order valence-electron chi connectivity index (χ4n) is 2.42. The predicted octanol–water partition coefficient (Wildman–Crippen LogP) is 2.66. The third-order valence-electron chi connectivity index (χ3n) is 4.19. The van der Waals surface area contributed by atoms with Crippen molar-refractivity contribution in [2.75, 3.05) is 20.1 Å². The van der Waals surface area contributed by atoms with Crippen LogP contribution in [0, 0.1) is 11.3 Å². The predicted molar refractivity (Wildman–Crippen MR) is 75.9 cm³/mol. The molecule has 0 saturated heterocycles. The molecular formula is C14H29N3O. The van der Waals surface area contributed by atoms with E-state index in [-0.39, 0.29) is 5.41 Å². The van der Waals surface area contributed by atoms with Crippen LogP contribution in [0.4, 0.5) is 0 Å². The molecule has 1 fully saturated rings. The summed E-state index contributed by atoms with van der Waals surface area (Å²) in [4.78, 5) is 2.44. The van der Waals surface area contributed by atoms with Gasteiger partial charge in [-0.05, 0) is 45.2 Å². The standard InChI is InChI=1S/C14H29N3O/c1-14(2,13(15)16-18)9-4-5-10-17(3)11-12-7-6-8-12/h12,18H,4-11H2,1-3H3,(H2,15,16). The average Bonchev–Trinajstić information content (AvgIpc) is 2.28. The molecule has 1 saturated carbocycles. The minimum Gasteiger partial charge on any atom is -0.409 e. The smallest absolute Gasteiger partial charge is 0.144 e. The number of nitrogens with zero attached hydrogens (tertiary/aromatic N) is 2. The van der Waals surface area contributed by atoms with E-state index in [9.17, 15) is 0 Å². The molecule has 0 amide bonds. The van der Waals surface area contributed by atoms with Crippen LogP contribution in [0.15, 0.2) is 5.16 Å². The summed E-state index contributed by atoms with van der Waals surface area (Å²) in [6.07, 6.45) is 7.54. The van der Waals surface area contributed by atoms with Crippen LogP contribution < -0.4 is 5.73 Å². The molecule has 0 aromatic heterocycles. The first-order valence-corrected chi connectivity index (χ1v) is 7.12. The second-order valence-electron chi connectivity index (χ2n) is 6.39. The van der Waals surface area contributed by atoms with E-state index < -0.39 is 0 Å². The van der Waals surface area contributed by atoms with E-state index in [2.05, 4.69) is 17.1 Å². The Morgan fingerprint density at radius 1 is 1.39 bits per heavy atom. The van der Waals surface area contributed by atoms with Crippen LogP contribution in [0.1, 0.15) is 52.4 Å². The zero-order valence-electron chi connectivity index (χ0n) is 12.2. The van der Waals surface area contributed by atoms with Gasteiger partial charge in [-0.15, -0.1) is 0 Å². The quantitative estimate of drug-likeness (QED) is 0.230. The van der Waals surface area contributed by atoms with Crippen molar-refractivity contribution in [2.24, 2.45) is 22.2 Å². The molecule has 3 N–H and O–H groups in total. The van der Waals surface area contributed by atoms with Crippen LogP contribution in [0.5, 0.6) is 0 Å². The third kappa shape index (κ3) is 4.84. The van der Waals surface area contributed by atoms with E-state index in [0.29, 0.717) is 5.84 Å². The van der Waals surface area contributed by atoms with Crippen molar-refractivity contribution in [1.82, 2.24) is 4.90 Å². The normalized spacial score (nSPS) is 18.1. The molecule has 0 aliphatic heterocycles. The fourth-order valence-corrected chi connectivity index (χ4v) is 2.42. The monoisotopic (exact) mass is 255 g/mol. The number of nitrogens with two attached hydrogens (primary N) is 1. The molecule has 0 unspecified atom stereocenters. The van der Waals surface area contributed by atoms with Crippen molar-refractivity contribution >= 4 is 5.84 Å². The van der Waals surface area contributed by atoms with Crippen LogP contribution in [0.25, 0.3) is 0 Å². The Hall–Kier alpha value is -0.770. The Bertz CT molecular complexity index is 272. The molecule has 4 heteroatoms.